The minimum atomic E-state index is -0.116. The molecule has 1 aromatic carbocycles. The second-order valence-corrected chi connectivity index (χ2v) is 8.24. The first kappa shape index (κ1) is 15.4. The number of carbonyl (C=O) groups excluding carboxylic acids is 1. The minimum absolute atomic E-state index is 0.116. The summed E-state index contributed by atoms with van der Waals surface area (Å²) in [6, 6.07) is 9.87. The van der Waals surface area contributed by atoms with Crippen LogP contribution in [0.25, 0.3) is 10.6 Å². The molecule has 2 aromatic heterocycles. The van der Waals surface area contributed by atoms with Gasteiger partial charge in [-0.2, -0.15) is 0 Å². The van der Waals surface area contributed by atoms with E-state index in [9.17, 15) is 4.79 Å². The van der Waals surface area contributed by atoms with Crippen molar-refractivity contribution >= 4 is 49.6 Å². The van der Waals surface area contributed by atoms with Crippen molar-refractivity contribution in [3.8, 4) is 10.6 Å². The van der Waals surface area contributed by atoms with E-state index in [-0.39, 0.29) is 5.91 Å². The number of nitrogens with zero attached hydrogens (tertiary/aromatic N) is 1. The summed E-state index contributed by atoms with van der Waals surface area (Å²) in [4.78, 5) is 18.0. The standard InChI is InChI=1S/C16H13BrN2OS2/c1-9-3-4-10(2)11(7-9)15(20)19-16-18-12(8-21-16)13-5-6-14(17)22-13/h3-8H,1-2H3,(H,18,19,20). The molecule has 22 heavy (non-hydrogen) atoms. The zero-order valence-corrected chi connectivity index (χ0v) is 15.2. The zero-order valence-electron chi connectivity index (χ0n) is 12.0. The van der Waals surface area contributed by atoms with Crippen LogP contribution in [0.1, 0.15) is 21.5 Å². The van der Waals surface area contributed by atoms with Crippen LogP contribution in [-0.2, 0) is 0 Å². The predicted octanol–water partition coefficient (Wildman–Crippen LogP) is 5.50. The second kappa shape index (κ2) is 6.32. The minimum Gasteiger partial charge on any atom is -0.298 e. The third-order valence-electron chi connectivity index (χ3n) is 3.19. The van der Waals surface area contributed by atoms with Crippen molar-refractivity contribution in [2.75, 3.05) is 5.32 Å². The number of anilines is 1. The van der Waals surface area contributed by atoms with Crippen molar-refractivity contribution in [2.24, 2.45) is 0 Å². The molecule has 1 amide bonds. The van der Waals surface area contributed by atoms with Gasteiger partial charge >= 0.3 is 0 Å². The Morgan fingerprint density at radius 3 is 2.77 bits per heavy atom. The van der Waals surface area contributed by atoms with Crippen molar-refractivity contribution in [3.05, 3.63) is 56.2 Å². The average Bonchev–Trinajstić information content (AvgIpc) is 3.10. The third-order valence-corrected chi connectivity index (χ3v) is 5.59. The molecule has 3 aromatic rings. The number of benzene rings is 1. The molecule has 0 aliphatic heterocycles. The van der Waals surface area contributed by atoms with E-state index in [1.165, 1.54) is 11.3 Å². The first-order valence-corrected chi connectivity index (χ1v) is 9.11. The molecule has 3 nitrogen and oxygen atoms in total. The summed E-state index contributed by atoms with van der Waals surface area (Å²) in [7, 11) is 0. The maximum Gasteiger partial charge on any atom is 0.257 e. The molecule has 112 valence electrons. The number of amides is 1. The van der Waals surface area contributed by atoms with Gasteiger partial charge in [-0.05, 0) is 53.5 Å². The molecule has 0 spiro atoms. The van der Waals surface area contributed by atoms with Crippen LogP contribution in [0.15, 0.2) is 39.5 Å². The molecule has 6 heteroatoms. The van der Waals surface area contributed by atoms with E-state index in [1.807, 2.05) is 49.6 Å². The SMILES string of the molecule is Cc1ccc(C)c(C(=O)Nc2nc(-c3ccc(Br)s3)cs2)c1. The summed E-state index contributed by atoms with van der Waals surface area (Å²) in [5.41, 5.74) is 3.61. The van der Waals surface area contributed by atoms with Crippen molar-refractivity contribution in [1.29, 1.82) is 0 Å². The molecular formula is C16H13BrN2OS2. The van der Waals surface area contributed by atoms with Gasteiger partial charge in [-0.15, -0.1) is 22.7 Å². The lowest BCUT2D eigenvalue weighted by atomic mass is 10.1. The summed E-state index contributed by atoms with van der Waals surface area (Å²) < 4.78 is 1.07. The maximum atomic E-state index is 12.4. The number of rotatable bonds is 3. The Morgan fingerprint density at radius 1 is 1.23 bits per heavy atom. The Kier molecular flexibility index (Phi) is 4.42. The molecule has 2 heterocycles. The van der Waals surface area contributed by atoms with E-state index in [4.69, 9.17) is 0 Å². The van der Waals surface area contributed by atoms with Gasteiger partial charge in [0.25, 0.3) is 5.91 Å². The van der Waals surface area contributed by atoms with E-state index in [0.717, 1.165) is 25.5 Å². The van der Waals surface area contributed by atoms with Gasteiger partial charge in [0.1, 0.15) is 0 Å². The summed E-state index contributed by atoms with van der Waals surface area (Å²) in [6.45, 7) is 3.91. The summed E-state index contributed by atoms with van der Waals surface area (Å²) in [5.74, 6) is -0.116. The lowest BCUT2D eigenvalue weighted by Crippen LogP contribution is -2.13. The lowest BCUT2D eigenvalue weighted by molar-refractivity contribution is 0.102. The molecule has 3 rings (SSSR count). The Bertz CT molecular complexity index is 838. The number of hydrogen-bond acceptors (Lipinski definition) is 4. The highest BCUT2D eigenvalue weighted by atomic mass is 79.9. The number of halogens is 1. The number of thiophene rings is 1. The van der Waals surface area contributed by atoms with Crippen molar-refractivity contribution in [2.45, 2.75) is 13.8 Å². The molecule has 0 radical (unpaired) electrons. The highest BCUT2D eigenvalue weighted by Gasteiger charge is 2.13. The van der Waals surface area contributed by atoms with Crippen LogP contribution in [0, 0.1) is 13.8 Å². The van der Waals surface area contributed by atoms with Gasteiger partial charge in [0, 0.05) is 10.9 Å². The molecule has 0 unspecified atom stereocenters. The van der Waals surface area contributed by atoms with Gasteiger partial charge in [0.05, 0.1) is 14.4 Å². The summed E-state index contributed by atoms with van der Waals surface area (Å²) in [6.07, 6.45) is 0. The van der Waals surface area contributed by atoms with Gasteiger partial charge in [-0.25, -0.2) is 4.98 Å². The van der Waals surface area contributed by atoms with Gasteiger partial charge in [-0.1, -0.05) is 17.7 Å². The number of carbonyl (C=O) groups is 1. The van der Waals surface area contributed by atoms with Crippen LogP contribution < -0.4 is 5.32 Å². The van der Waals surface area contributed by atoms with E-state index < -0.39 is 0 Å². The fourth-order valence-corrected chi connectivity index (χ4v) is 4.17. The Hall–Kier alpha value is -1.50. The molecule has 0 saturated heterocycles. The Balaban J connectivity index is 1.80. The Morgan fingerprint density at radius 2 is 2.05 bits per heavy atom. The molecular weight excluding hydrogens is 380 g/mol. The van der Waals surface area contributed by atoms with E-state index in [0.29, 0.717) is 10.7 Å². The molecule has 0 saturated carbocycles. The average molecular weight is 393 g/mol. The number of thiazole rings is 1. The monoisotopic (exact) mass is 392 g/mol. The summed E-state index contributed by atoms with van der Waals surface area (Å²) >= 11 is 6.50. The second-order valence-electron chi connectivity index (χ2n) is 4.91. The van der Waals surface area contributed by atoms with Crippen LogP contribution in [0.4, 0.5) is 5.13 Å². The van der Waals surface area contributed by atoms with Crippen LogP contribution >= 0.6 is 38.6 Å². The molecule has 0 aliphatic carbocycles. The van der Waals surface area contributed by atoms with Crippen LogP contribution in [-0.4, -0.2) is 10.9 Å². The van der Waals surface area contributed by atoms with Crippen molar-refractivity contribution < 1.29 is 4.79 Å². The summed E-state index contributed by atoms with van der Waals surface area (Å²) in [5, 5.41) is 5.46. The third kappa shape index (κ3) is 3.29. The molecule has 0 fully saturated rings. The smallest absolute Gasteiger partial charge is 0.257 e. The lowest BCUT2D eigenvalue weighted by Gasteiger charge is -2.06. The van der Waals surface area contributed by atoms with Crippen molar-refractivity contribution in [3.63, 3.8) is 0 Å². The first-order valence-electron chi connectivity index (χ1n) is 6.63. The highest BCUT2D eigenvalue weighted by Crippen LogP contribution is 2.33. The van der Waals surface area contributed by atoms with Crippen LogP contribution in [0.2, 0.25) is 0 Å². The number of aromatic nitrogens is 1. The maximum absolute atomic E-state index is 12.4. The van der Waals surface area contributed by atoms with Gasteiger partial charge in [0.15, 0.2) is 5.13 Å². The molecule has 0 aliphatic rings. The van der Waals surface area contributed by atoms with Crippen LogP contribution in [0.3, 0.4) is 0 Å². The molecule has 1 N–H and O–H groups in total. The fraction of sp³-hybridized carbons (Fsp3) is 0.125. The number of nitrogens with one attached hydrogen (secondary N) is 1. The van der Waals surface area contributed by atoms with E-state index in [2.05, 4.69) is 26.2 Å². The van der Waals surface area contributed by atoms with Gasteiger partial charge < -0.3 is 0 Å². The fourth-order valence-electron chi connectivity index (χ4n) is 2.04. The highest BCUT2D eigenvalue weighted by molar-refractivity contribution is 9.11. The topological polar surface area (TPSA) is 42.0 Å². The van der Waals surface area contributed by atoms with Gasteiger partial charge in [0.2, 0.25) is 0 Å². The van der Waals surface area contributed by atoms with Gasteiger partial charge in [-0.3, -0.25) is 10.1 Å². The number of hydrogen-bond donors (Lipinski definition) is 1. The largest absolute Gasteiger partial charge is 0.298 e. The first-order chi connectivity index (χ1) is 10.5. The molecule has 0 atom stereocenters. The predicted molar refractivity (Wildman–Crippen MR) is 97.0 cm³/mol. The van der Waals surface area contributed by atoms with Crippen LogP contribution in [0.5, 0.6) is 0 Å². The normalized spacial score (nSPS) is 10.7. The quantitative estimate of drug-likeness (QED) is 0.638. The molecule has 0 bridgehead atoms. The van der Waals surface area contributed by atoms with E-state index in [1.54, 1.807) is 11.3 Å². The number of aryl methyl sites for hydroxylation is 2. The zero-order chi connectivity index (χ0) is 15.7. The van der Waals surface area contributed by atoms with Crippen molar-refractivity contribution in [1.82, 2.24) is 4.98 Å². The Labute approximate surface area is 145 Å². The van der Waals surface area contributed by atoms with E-state index >= 15 is 0 Å².